The Morgan fingerprint density at radius 2 is 2.35 bits per heavy atom. The lowest BCUT2D eigenvalue weighted by molar-refractivity contribution is 0.0746. The summed E-state index contributed by atoms with van der Waals surface area (Å²) in [5.41, 5.74) is 0.796. The largest absolute Gasteiger partial charge is 0.364 e. The highest BCUT2D eigenvalue weighted by atomic mass is 32.2. The predicted molar refractivity (Wildman–Crippen MR) is 69.6 cm³/mol. The Morgan fingerprint density at radius 1 is 1.59 bits per heavy atom. The predicted octanol–water partition coefficient (Wildman–Crippen LogP) is 1.26. The summed E-state index contributed by atoms with van der Waals surface area (Å²) in [4.78, 5) is 28.5. The molecule has 1 aromatic heterocycles. The van der Waals surface area contributed by atoms with E-state index in [-0.39, 0.29) is 22.9 Å². The molecule has 4 nitrogen and oxygen atoms in total. The number of aromatic amines is 1. The van der Waals surface area contributed by atoms with Gasteiger partial charge in [0.25, 0.3) is 5.91 Å². The van der Waals surface area contributed by atoms with Crippen LogP contribution in [0.15, 0.2) is 17.1 Å². The van der Waals surface area contributed by atoms with Gasteiger partial charge in [-0.15, -0.1) is 0 Å². The standard InChI is InChI=1S/C12H16N2O2S/c1-8-5-11(15)10(6-13-8)12(16)14(2)9-3-4-17-7-9/h5-6,9H,3-4,7H2,1-2H3,(H,13,15). The molecule has 1 saturated heterocycles. The minimum absolute atomic E-state index is 0.182. The lowest BCUT2D eigenvalue weighted by atomic mass is 10.1. The molecular formula is C12H16N2O2S. The van der Waals surface area contributed by atoms with Gasteiger partial charge in [-0.05, 0) is 19.1 Å². The van der Waals surface area contributed by atoms with Gasteiger partial charge in [0.2, 0.25) is 0 Å². The number of aromatic nitrogens is 1. The molecule has 5 heteroatoms. The number of aryl methyl sites for hydroxylation is 1. The molecule has 2 heterocycles. The van der Waals surface area contributed by atoms with Gasteiger partial charge in [-0.2, -0.15) is 11.8 Å². The van der Waals surface area contributed by atoms with Crippen LogP contribution in [0.4, 0.5) is 0 Å². The first kappa shape index (κ1) is 12.2. The number of carbonyl (C=O) groups is 1. The van der Waals surface area contributed by atoms with Gasteiger partial charge in [0.05, 0.1) is 0 Å². The van der Waals surface area contributed by atoms with Crippen LogP contribution in [0.3, 0.4) is 0 Å². The van der Waals surface area contributed by atoms with Crippen molar-refractivity contribution >= 4 is 17.7 Å². The average molecular weight is 252 g/mol. The topological polar surface area (TPSA) is 53.2 Å². The van der Waals surface area contributed by atoms with Gasteiger partial charge in [0, 0.05) is 36.8 Å². The van der Waals surface area contributed by atoms with Crippen molar-refractivity contribution in [2.24, 2.45) is 0 Å². The van der Waals surface area contributed by atoms with Crippen molar-refractivity contribution in [2.45, 2.75) is 19.4 Å². The van der Waals surface area contributed by atoms with E-state index in [4.69, 9.17) is 0 Å². The van der Waals surface area contributed by atoms with Crippen molar-refractivity contribution in [3.8, 4) is 0 Å². The molecule has 1 atom stereocenters. The monoisotopic (exact) mass is 252 g/mol. The second-order valence-electron chi connectivity index (χ2n) is 4.33. The van der Waals surface area contributed by atoms with E-state index >= 15 is 0 Å². The maximum atomic E-state index is 12.2. The number of thioether (sulfide) groups is 1. The maximum absolute atomic E-state index is 12.2. The van der Waals surface area contributed by atoms with Crippen LogP contribution in [0.1, 0.15) is 22.5 Å². The number of nitrogens with zero attached hydrogens (tertiary/aromatic N) is 1. The van der Waals surface area contributed by atoms with Crippen LogP contribution in [0, 0.1) is 6.92 Å². The van der Waals surface area contributed by atoms with Crippen molar-refractivity contribution in [1.82, 2.24) is 9.88 Å². The van der Waals surface area contributed by atoms with Crippen molar-refractivity contribution in [1.29, 1.82) is 0 Å². The van der Waals surface area contributed by atoms with Crippen molar-refractivity contribution in [2.75, 3.05) is 18.6 Å². The van der Waals surface area contributed by atoms with Gasteiger partial charge >= 0.3 is 0 Å². The summed E-state index contributed by atoms with van der Waals surface area (Å²) in [6.07, 6.45) is 2.52. The molecule has 0 saturated carbocycles. The van der Waals surface area contributed by atoms with Gasteiger partial charge in [-0.1, -0.05) is 0 Å². The van der Waals surface area contributed by atoms with Crippen LogP contribution in [0.25, 0.3) is 0 Å². The summed E-state index contributed by atoms with van der Waals surface area (Å²) < 4.78 is 0. The van der Waals surface area contributed by atoms with Crippen LogP contribution < -0.4 is 5.43 Å². The highest BCUT2D eigenvalue weighted by molar-refractivity contribution is 7.99. The van der Waals surface area contributed by atoms with E-state index in [1.807, 2.05) is 11.8 Å². The number of H-pyrrole nitrogens is 1. The number of nitrogens with one attached hydrogen (secondary N) is 1. The summed E-state index contributed by atoms with van der Waals surface area (Å²) in [7, 11) is 1.78. The molecule has 1 N–H and O–H groups in total. The fourth-order valence-corrected chi connectivity index (χ4v) is 3.19. The molecule has 0 aliphatic carbocycles. The number of carbonyl (C=O) groups excluding carboxylic acids is 1. The minimum Gasteiger partial charge on any atom is -0.364 e. The SMILES string of the molecule is Cc1cc(=O)c(C(=O)N(C)C2CCSC2)c[nH]1. The van der Waals surface area contributed by atoms with E-state index in [0.717, 1.165) is 23.6 Å². The van der Waals surface area contributed by atoms with Crippen molar-refractivity contribution < 1.29 is 4.79 Å². The quantitative estimate of drug-likeness (QED) is 0.862. The van der Waals surface area contributed by atoms with Crippen LogP contribution in [-0.4, -0.2) is 40.4 Å². The smallest absolute Gasteiger partial charge is 0.259 e. The normalized spacial score (nSPS) is 19.3. The Morgan fingerprint density at radius 3 is 2.94 bits per heavy atom. The van der Waals surface area contributed by atoms with Crippen LogP contribution in [0.5, 0.6) is 0 Å². The summed E-state index contributed by atoms with van der Waals surface area (Å²) in [6, 6.07) is 1.72. The highest BCUT2D eigenvalue weighted by Crippen LogP contribution is 2.22. The molecule has 1 unspecified atom stereocenters. The Balaban J connectivity index is 2.21. The van der Waals surface area contributed by atoms with E-state index in [0.29, 0.717) is 0 Å². The third kappa shape index (κ3) is 2.54. The minimum atomic E-state index is -0.205. The molecule has 1 aliphatic heterocycles. The van der Waals surface area contributed by atoms with Gasteiger partial charge in [0.1, 0.15) is 5.56 Å². The third-order valence-corrected chi connectivity index (χ3v) is 4.21. The Labute approximate surface area is 104 Å². The third-order valence-electron chi connectivity index (χ3n) is 3.06. The summed E-state index contributed by atoms with van der Waals surface area (Å²) in [6.45, 7) is 1.80. The summed E-state index contributed by atoms with van der Waals surface area (Å²) >= 11 is 1.85. The number of hydrogen-bond acceptors (Lipinski definition) is 3. The molecule has 0 bridgehead atoms. The van der Waals surface area contributed by atoms with Crippen molar-refractivity contribution in [3.05, 3.63) is 33.7 Å². The number of amides is 1. The second kappa shape index (κ2) is 4.96. The molecular weight excluding hydrogens is 236 g/mol. The Bertz CT molecular complexity index is 478. The molecule has 0 aromatic carbocycles. The number of hydrogen-bond donors (Lipinski definition) is 1. The maximum Gasteiger partial charge on any atom is 0.259 e. The second-order valence-corrected chi connectivity index (χ2v) is 5.48. The first-order valence-electron chi connectivity index (χ1n) is 5.64. The fraction of sp³-hybridized carbons (Fsp3) is 0.500. The molecule has 92 valence electrons. The molecule has 1 aromatic rings. The van der Waals surface area contributed by atoms with Crippen LogP contribution >= 0.6 is 11.8 Å². The fourth-order valence-electron chi connectivity index (χ4n) is 1.92. The Kier molecular flexibility index (Phi) is 3.57. The van der Waals surface area contributed by atoms with E-state index in [9.17, 15) is 9.59 Å². The van der Waals surface area contributed by atoms with E-state index in [1.165, 1.54) is 12.3 Å². The summed E-state index contributed by atoms with van der Waals surface area (Å²) in [5.74, 6) is 1.87. The molecule has 1 amide bonds. The molecule has 0 spiro atoms. The molecule has 1 fully saturated rings. The van der Waals surface area contributed by atoms with E-state index < -0.39 is 0 Å². The van der Waals surface area contributed by atoms with Crippen molar-refractivity contribution in [3.63, 3.8) is 0 Å². The van der Waals surface area contributed by atoms with Gasteiger partial charge in [0.15, 0.2) is 5.43 Å². The molecule has 17 heavy (non-hydrogen) atoms. The molecule has 2 rings (SSSR count). The van der Waals surface area contributed by atoms with Gasteiger partial charge in [-0.3, -0.25) is 9.59 Å². The first-order valence-corrected chi connectivity index (χ1v) is 6.79. The lowest BCUT2D eigenvalue weighted by Gasteiger charge is -2.23. The van der Waals surface area contributed by atoms with E-state index in [1.54, 1.807) is 18.9 Å². The van der Waals surface area contributed by atoms with Gasteiger partial charge < -0.3 is 9.88 Å². The average Bonchev–Trinajstić information content (AvgIpc) is 2.80. The zero-order chi connectivity index (χ0) is 12.4. The zero-order valence-electron chi connectivity index (χ0n) is 10.0. The van der Waals surface area contributed by atoms with E-state index in [2.05, 4.69) is 4.98 Å². The van der Waals surface area contributed by atoms with Crippen LogP contribution in [-0.2, 0) is 0 Å². The van der Waals surface area contributed by atoms with Crippen LogP contribution in [0.2, 0.25) is 0 Å². The number of rotatable bonds is 2. The summed E-state index contributed by atoms with van der Waals surface area (Å²) in [5, 5.41) is 0. The lowest BCUT2D eigenvalue weighted by Crippen LogP contribution is -2.39. The first-order chi connectivity index (χ1) is 8.09. The molecule has 0 radical (unpaired) electrons. The number of pyridine rings is 1. The van der Waals surface area contributed by atoms with Gasteiger partial charge in [-0.25, -0.2) is 0 Å². The highest BCUT2D eigenvalue weighted by Gasteiger charge is 2.25. The molecule has 1 aliphatic rings. The zero-order valence-corrected chi connectivity index (χ0v) is 10.8. The Hall–Kier alpha value is -1.23.